The topological polar surface area (TPSA) is 102 Å². The first-order chi connectivity index (χ1) is 20.1. The third-order valence-corrected chi connectivity index (χ3v) is 10.7. The van der Waals surface area contributed by atoms with Gasteiger partial charge in [-0.2, -0.15) is 26.3 Å². The molecule has 43 heavy (non-hydrogen) atoms. The summed E-state index contributed by atoms with van der Waals surface area (Å²) in [7, 11) is -4.10. The second kappa shape index (κ2) is 11.5. The van der Waals surface area contributed by atoms with Crippen LogP contribution in [0.25, 0.3) is 5.57 Å². The van der Waals surface area contributed by atoms with Gasteiger partial charge in [-0.3, -0.25) is 9.59 Å². The van der Waals surface area contributed by atoms with Crippen molar-refractivity contribution < 1.29 is 49.1 Å². The zero-order chi connectivity index (χ0) is 31.2. The van der Waals surface area contributed by atoms with Crippen LogP contribution >= 0.6 is 11.3 Å². The van der Waals surface area contributed by atoms with Crippen LogP contribution < -0.4 is 14.8 Å². The number of alkyl halides is 6. The van der Waals surface area contributed by atoms with Crippen LogP contribution in [0.1, 0.15) is 72.6 Å². The van der Waals surface area contributed by atoms with E-state index in [9.17, 15) is 44.3 Å². The van der Waals surface area contributed by atoms with Crippen LogP contribution in [-0.2, 0) is 25.2 Å². The Labute approximate surface area is 247 Å². The van der Waals surface area contributed by atoms with Gasteiger partial charge < -0.3 is 10.1 Å². The van der Waals surface area contributed by atoms with Crippen molar-refractivity contribution in [2.45, 2.75) is 80.4 Å². The number of carbonyl (C=O) groups is 2. The Morgan fingerprint density at radius 3 is 2.26 bits per heavy atom. The number of sulfonamides is 1. The van der Waals surface area contributed by atoms with Crippen molar-refractivity contribution in [1.29, 1.82) is 0 Å². The number of thiophene rings is 1. The number of halogens is 6. The van der Waals surface area contributed by atoms with E-state index in [1.165, 1.54) is 23.5 Å². The summed E-state index contributed by atoms with van der Waals surface area (Å²) < 4.78 is 114. The standard InChI is InChI=1S/C28H28F6N2O5S2/c29-27(30,31)13-1-2-14-41-18-7-5-17(6-8-18)26(28(32,33)34)15-20(22-12-11-21(42-22)16-3-4-16)23(24(37)35-26)25(38)36-43(39,40)19-9-10-19/h5-8,11-12,16,19H,1-4,9-10,13-15H2,(H,35,37)(H,36,38). The molecule has 5 rings (SSSR count). The van der Waals surface area contributed by atoms with Crippen molar-refractivity contribution in [2.24, 2.45) is 0 Å². The Kier molecular flexibility index (Phi) is 8.35. The molecular weight excluding hydrogens is 622 g/mol. The van der Waals surface area contributed by atoms with E-state index in [-0.39, 0.29) is 47.1 Å². The molecular formula is C28H28F6N2O5S2. The van der Waals surface area contributed by atoms with Crippen molar-refractivity contribution in [3.8, 4) is 5.75 Å². The number of ether oxygens (including phenoxy) is 1. The summed E-state index contributed by atoms with van der Waals surface area (Å²) in [4.78, 5) is 27.7. The van der Waals surface area contributed by atoms with Crippen LogP contribution in [0.2, 0.25) is 0 Å². The van der Waals surface area contributed by atoms with Crippen LogP contribution in [-0.4, -0.2) is 44.4 Å². The van der Waals surface area contributed by atoms with E-state index in [4.69, 9.17) is 4.74 Å². The molecule has 0 bridgehead atoms. The van der Waals surface area contributed by atoms with Gasteiger partial charge in [0.1, 0.15) is 11.3 Å². The molecule has 2 heterocycles. The monoisotopic (exact) mass is 650 g/mol. The van der Waals surface area contributed by atoms with Gasteiger partial charge in [0.25, 0.3) is 11.8 Å². The molecule has 3 aliphatic rings. The summed E-state index contributed by atoms with van der Waals surface area (Å²) >= 11 is 1.17. The van der Waals surface area contributed by atoms with Gasteiger partial charge in [0.05, 0.1) is 11.9 Å². The average Bonchev–Trinajstić information content (AvgIpc) is 3.85. The van der Waals surface area contributed by atoms with Crippen LogP contribution in [0.5, 0.6) is 5.75 Å². The maximum Gasteiger partial charge on any atom is 0.416 e. The second-order valence-electron chi connectivity index (χ2n) is 11.0. The molecule has 1 unspecified atom stereocenters. The normalized spacial score (nSPS) is 21.5. The van der Waals surface area contributed by atoms with E-state index < -0.39 is 63.4 Å². The Balaban J connectivity index is 1.45. The highest BCUT2D eigenvalue weighted by molar-refractivity contribution is 7.91. The summed E-state index contributed by atoms with van der Waals surface area (Å²) in [5.74, 6) is -2.28. The molecule has 7 nitrogen and oxygen atoms in total. The number of benzene rings is 1. The first-order valence-corrected chi connectivity index (χ1v) is 16.0. The van der Waals surface area contributed by atoms with Gasteiger partial charge in [0.15, 0.2) is 5.54 Å². The van der Waals surface area contributed by atoms with Crippen molar-refractivity contribution in [3.05, 3.63) is 57.3 Å². The molecule has 15 heteroatoms. The average molecular weight is 651 g/mol. The quantitative estimate of drug-likeness (QED) is 0.175. The highest BCUT2D eigenvalue weighted by Crippen LogP contribution is 2.51. The lowest BCUT2D eigenvalue weighted by Crippen LogP contribution is -2.59. The van der Waals surface area contributed by atoms with Gasteiger partial charge in [-0.1, -0.05) is 12.1 Å². The lowest BCUT2D eigenvalue weighted by molar-refractivity contribution is -0.201. The molecule has 1 aromatic heterocycles. The van der Waals surface area contributed by atoms with Gasteiger partial charge in [-0.25, -0.2) is 13.1 Å². The molecule has 0 spiro atoms. The highest BCUT2D eigenvalue weighted by atomic mass is 32.2. The highest BCUT2D eigenvalue weighted by Gasteiger charge is 2.60. The molecule has 2 aromatic rings. The summed E-state index contributed by atoms with van der Waals surface area (Å²) in [6, 6.07) is 7.94. The second-order valence-corrected chi connectivity index (χ2v) is 14.1. The fraction of sp³-hybridized carbons (Fsp3) is 0.500. The number of unbranched alkanes of at least 4 members (excludes halogenated alkanes) is 1. The van der Waals surface area contributed by atoms with Crippen molar-refractivity contribution in [1.82, 2.24) is 10.0 Å². The Bertz CT molecular complexity index is 1520. The van der Waals surface area contributed by atoms with Crippen LogP contribution in [0.3, 0.4) is 0 Å². The van der Waals surface area contributed by atoms with Crippen LogP contribution in [0, 0.1) is 0 Å². The van der Waals surface area contributed by atoms with E-state index in [0.717, 1.165) is 29.9 Å². The molecule has 2 fully saturated rings. The van der Waals surface area contributed by atoms with Crippen LogP contribution in [0.4, 0.5) is 26.3 Å². The fourth-order valence-corrected chi connectivity index (χ4v) is 7.46. The Morgan fingerprint density at radius 1 is 1.00 bits per heavy atom. The minimum atomic E-state index is -5.05. The smallest absolute Gasteiger partial charge is 0.416 e. The number of hydrogen-bond acceptors (Lipinski definition) is 6. The first-order valence-electron chi connectivity index (χ1n) is 13.7. The molecule has 1 aromatic carbocycles. The molecule has 1 aliphatic heterocycles. The van der Waals surface area contributed by atoms with E-state index in [1.807, 2.05) is 10.0 Å². The van der Waals surface area contributed by atoms with Gasteiger partial charge in [0.2, 0.25) is 10.0 Å². The van der Waals surface area contributed by atoms with Crippen LogP contribution in [0.15, 0.2) is 42.0 Å². The summed E-state index contributed by atoms with van der Waals surface area (Å²) in [5.41, 5.74) is -4.23. The number of carbonyl (C=O) groups excluding carboxylic acids is 2. The van der Waals surface area contributed by atoms with Gasteiger partial charge in [0, 0.05) is 22.6 Å². The predicted molar refractivity (Wildman–Crippen MR) is 146 cm³/mol. The largest absolute Gasteiger partial charge is 0.494 e. The van der Waals surface area contributed by atoms with Crippen molar-refractivity contribution in [2.75, 3.05) is 6.61 Å². The lowest BCUT2D eigenvalue weighted by atomic mass is 9.78. The third-order valence-electron chi connectivity index (χ3n) is 7.58. The summed E-state index contributed by atoms with van der Waals surface area (Å²) in [6.45, 7) is -0.0760. The molecule has 2 N–H and O–H groups in total. The molecule has 234 valence electrons. The molecule has 2 aliphatic carbocycles. The SMILES string of the molecule is O=C1NC(c2ccc(OCCCCC(F)(F)F)cc2)(C(F)(F)F)CC(c2ccc(C3CC3)s2)=C1C(=O)NS(=O)(=O)C1CC1. The number of nitrogens with one attached hydrogen (secondary N) is 2. The minimum absolute atomic E-state index is 0.0760. The molecule has 2 saturated carbocycles. The van der Waals surface area contributed by atoms with E-state index in [2.05, 4.69) is 0 Å². The summed E-state index contributed by atoms with van der Waals surface area (Å²) in [5, 5.41) is 1.17. The zero-order valence-corrected chi connectivity index (χ0v) is 24.2. The molecule has 2 amide bonds. The summed E-state index contributed by atoms with van der Waals surface area (Å²) in [6.07, 6.45) is -8.78. The molecule has 0 radical (unpaired) electrons. The molecule has 0 saturated heterocycles. The maximum atomic E-state index is 14.9. The number of rotatable bonds is 11. The number of hydrogen-bond donors (Lipinski definition) is 2. The molecule has 1 atom stereocenters. The lowest BCUT2D eigenvalue weighted by Gasteiger charge is -2.41. The van der Waals surface area contributed by atoms with Crippen molar-refractivity contribution >= 4 is 38.7 Å². The maximum absolute atomic E-state index is 14.9. The van der Waals surface area contributed by atoms with E-state index in [0.29, 0.717) is 12.8 Å². The Morgan fingerprint density at radius 2 is 1.67 bits per heavy atom. The Hall–Kier alpha value is -3.07. The van der Waals surface area contributed by atoms with Gasteiger partial charge >= 0.3 is 12.4 Å². The van der Waals surface area contributed by atoms with E-state index >= 15 is 0 Å². The first kappa shape index (κ1) is 31.4. The number of amides is 2. The third kappa shape index (κ3) is 7.03. The fourth-order valence-electron chi connectivity index (χ4n) is 4.95. The van der Waals surface area contributed by atoms with Crippen molar-refractivity contribution in [3.63, 3.8) is 0 Å². The zero-order valence-electron chi connectivity index (χ0n) is 22.6. The predicted octanol–water partition coefficient (Wildman–Crippen LogP) is 6.08. The van der Waals surface area contributed by atoms with Gasteiger partial charge in [-0.05, 0) is 79.8 Å². The minimum Gasteiger partial charge on any atom is -0.494 e. The van der Waals surface area contributed by atoms with Gasteiger partial charge in [-0.15, -0.1) is 11.3 Å². The van der Waals surface area contributed by atoms with E-state index in [1.54, 1.807) is 12.1 Å².